The first kappa shape index (κ1) is 19.5. The van der Waals surface area contributed by atoms with Crippen molar-refractivity contribution in [3.63, 3.8) is 0 Å². The summed E-state index contributed by atoms with van der Waals surface area (Å²) >= 11 is 0. The Labute approximate surface area is 160 Å². The number of morpholine rings is 1. The summed E-state index contributed by atoms with van der Waals surface area (Å²) in [6.07, 6.45) is 0. The first-order valence-corrected chi connectivity index (χ1v) is 10.3. The van der Waals surface area contributed by atoms with Crippen molar-refractivity contribution in [1.82, 2.24) is 9.21 Å². The van der Waals surface area contributed by atoms with Crippen molar-refractivity contribution in [3.8, 4) is 0 Å². The average Bonchev–Trinajstić information content (AvgIpc) is 2.69. The zero-order chi connectivity index (χ0) is 19.4. The Kier molecular flexibility index (Phi) is 5.94. The third-order valence-corrected chi connectivity index (χ3v) is 6.55. The van der Waals surface area contributed by atoms with Crippen molar-refractivity contribution in [3.05, 3.63) is 65.2 Å². The standard InChI is InChI=1S/C20H24N2O4S/c1-16-8-9-18(27(24,25)22-10-12-26-13-11-22)14-19(16)20(23)21(2)15-17-6-4-3-5-7-17/h3-9,14H,10-13,15H2,1-2H3. The number of benzene rings is 2. The predicted molar refractivity (Wildman–Crippen MR) is 103 cm³/mol. The van der Waals surface area contributed by atoms with Crippen molar-refractivity contribution in [2.75, 3.05) is 33.4 Å². The molecule has 0 spiro atoms. The van der Waals surface area contributed by atoms with Crippen LogP contribution in [0.4, 0.5) is 0 Å². The Morgan fingerprint density at radius 2 is 1.78 bits per heavy atom. The molecule has 1 amide bonds. The number of hydrogen-bond acceptors (Lipinski definition) is 4. The molecule has 0 aliphatic carbocycles. The van der Waals surface area contributed by atoms with Crippen molar-refractivity contribution in [2.45, 2.75) is 18.4 Å². The average molecular weight is 388 g/mol. The van der Waals surface area contributed by atoms with Gasteiger partial charge in [-0.3, -0.25) is 4.79 Å². The number of ether oxygens (including phenoxy) is 1. The minimum atomic E-state index is -3.64. The molecule has 1 saturated heterocycles. The largest absolute Gasteiger partial charge is 0.379 e. The van der Waals surface area contributed by atoms with E-state index in [9.17, 15) is 13.2 Å². The van der Waals surface area contributed by atoms with E-state index < -0.39 is 10.0 Å². The molecule has 3 rings (SSSR count). The molecule has 1 aliphatic rings. The number of amides is 1. The molecule has 7 heteroatoms. The third kappa shape index (κ3) is 4.37. The molecule has 0 aromatic heterocycles. The van der Waals surface area contributed by atoms with Gasteiger partial charge in [0, 0.05) is 32.2 Å². The van der Waals surface area contributed by atoms with Crippen molar-refractivity contribution < 1.29 is 17.9 Å². The topological polar surface area (TPSA) is 66.9 Å². The number of carbonyl (C=O) groups excluding carboxylic acids is 1. The number of sulfonamides is 1. The summed E-state index contributed by atoms with van der Waals surface area (Å²) in [7, 11) is -1.92. The van der Waals surface area contributed by atoms with Crippen LogP contribution in [0.25, 0.3) is 0 Å². The molecule has 0 saturated carbocycles. The summed E-state index contributed by atoms with van der Waals surface area (Å²) < 4.78 is 32.4. The Morgan fingerprint density at radius 1 is 1.11 bits per heavy atom. The van der Waals surface area contributed by atoms with E-state index in [2.05, 4.69) is 0 Å². The SMILES string of the molecule is Cc1ccc(S(=O)(=O)N2CCOCC2)cc1C(=O)N(C)Cc1ccccc1. The Bertz CT molecular complexity index is 907. The molecule has 0 radical (unpaired) electrons. The van der Waals surface area contributed by atoms with E-state index in [4.69, 9.17) is 4.74 Å². The number of aryl methyl sites for hydroxylation is 1. The number of hydrogen-bond donors (Lipinski definition) is 0. The molecule has 1 aliphatic heterocycles. The van der Waals surface area contributed by atoms with Crippen LogP contribution < -0.4 is 0 Å². The van der Waals surface area contributed by atoms with Crippen LogP contribution in [-0.4, -0.2) is 56.9 Å². The van der Waals surface area contributed by atoms with E-state index in [1.165, 1.54) is 10.4 Å². The van der Waals surface area contributed by atoms with Crippen LogP contribution in [0, 0.1) is 6.92 Å². The molecule has 6 nitrogen and oxygen atoms in total. The number of rotatable bonds is 5. The highest BCUT2D eigenvalue weighted by atomic mass is 32.2. The normalized spacial score (nSPS) is 15.5. The molecule has 1 fully saturated rings. The van der Waals surface area contributed by atoms with Gasteiger partial charge in [0.1, 0.15) is 0 Å². The molecule has 27 heavy (non-hydrogen) atoms. The first-order valence-electron chi connectivity index (χ1n) is 8.87. The van der Waals surface area contributed by atoms with E-state index >= 15 is 0 Å². The Balaban J connectivity index is 1.85. The second-order valence-corrected chi connectivity index (χ2v) is 8.58. The molecule has 2 aromatic carbocycles. The summed E-state index contributed by atoms with van der Waals surface area (Å²) in [5, 5.41) is 0. The lowest BCUT2D eigenvalue weighted by Crippen LogP contribution is -2.40. The fourth-order valence-corrected chi connectivity index (χ4v) is 4.50. The van der Waals surface area contributed by atoms with Crippen LogP contribution in [0.1, 0.15) is 21.5 Å². The summed E-state index contributed by atoms with van der Waals surface area (Å²) in [4.78, 5) is 14.7. The smallest absolute Gasteiger partial charge is 0.254 e. The van der Waals surface area contributed by atoms with Gasteiger partial charge in [0.25, 0.3) is 5.91 Å². The third-order valence-electron chi connectivity index (χ3n) is 4.66. The number of carbonyl (C=O) groups is 1. The molecule has 144 valence electrons. The van der Waals surface area contributed by atoms with Crippen LogP contribution >= 0.6 is 0 Å². The van der Waals surface area contributed by atoms with Gasteiger partial charge in [-0.2, -0.15) is 4.31 Å². The molecule has 1 heterocycles. The van der Waals surface area contributed by atoms with E-state index in [1.54, 1.807) is 24.1 Å². The van der Waals surface area contributed by atoms with Crippen LogP contribution in [0.2, 0.25) is 0 Å². The minimum absolute atomic E-state index is 0.145. The number of nitrogens with zero attached hydrogens (tertiary/aromatic N) is 2. The highest BCUT2D eigenvalue weighted by Crippen LogP contribution is 2.22. The molecule has 0 bridgehead atoms. The van der Waals surface area contributed by atoms with Crippen LogP contribution in [0.15, 0.2) is 53.4 Å². The maximum absolute atomic E-state index is 12.9. The van der Waals surface area contributed by atoms with Gasteiger partial charge >= 0.3 is 0 Å². The highest BCUT2D eigenvalue weighted by molar-refractivity contribution is 7.89. The lowest BCUT2D eigenvalue weighted by Gasteiger charge is -2.26. The van der Waals surface area contributed by atoms with E-state index in [0.717, 1.165) is 11.1 Å². The quantitative estimate of drug-likeness (QED) is 0.788. The fourth-order valence-electron chi connectivity index (χ4n) is 3.06. The predicted octanol–water partition coefficient (Wildman–Crippen LogP) is 2.29. The van der Waals surface area contributed by atoms with Gasteiger partial charge in [0.15, 0.2) is 0 Å². The van der Waals surface area contributed by atoms with Crippen LogP contribution in [0.3, 0.4) is 0 Å². The molecule has 2 aromatic rings. The van der Waals surface area contributed by atoms with E-state index in [0.29, 0.717) is 38.4 Å². The molecule has 0 N–H and O–H groups in total. The van der Waals surface area contributed by atoms with Crippen LogP contribution in [-0.2, 0) is 21.3 Å². The van der Waals surface area contributed by atoms with E-state index in [-0.39, 0.29) is 10.8 Å². The maximum atomic E-state index is 12.9. The maximum Gasteiger partial charge on any atom is 0.254 e. The van der Waals surface area contributed by atoms with Crippen LogP contribution in [0.5, 0.6) is 0 Å². The second-order valence-electron chi connectivity index (χ2n) is 6.64. The first-order chi connectivity index (χ1) is 12.9. The summed E-state index contributed by atoms with van der Waals surface area (Å²) in [5.74, 6) is -0.199. The molecular weight excluding hydrogens is 364 g/mol. The van der Waals surface area contributed by atoms with Gasteiger partial charge in [-0.1, -0.05) is 36.4 Å². The van der Waals surface area contributed by atoms with Gasteiger partial charge in [-0.05, 0) is 30.2 Å². The Hall–Kier alpha value is -2.22. The lowest BCUT2D eigenvalue weighted by molar-refractivity contribution is 0.0730. The van der Waals surface area contributed by atoms with Gasteiger partial charge < -0.3 is 9.64 Å². The van der Waals surface area contributed by atoms with E-state index in [1.807, 2.05) is 37.3 Å². The second kappa shape index (κ2) is 8.21. The van der Waals surface area contributed by atoms with Crippen molar-refractivity contribution >= 4 is 15.9 Å². The van der Waals surface area contributed by atoms with Gasteiger partial charge in [-0.15, -0.1) is 0 Å². The summed E-state index contributed by atoms with van der Waals surface area (Å²) in [5.41, 5.74) is 2.17. The summed E-state index contributed by atoms with van der Waals surface area (Å²) in [6.45, 7) is 3.70. The lowest BCUT2D eigenvalue weighted by atomic mass is 10.1. The fraction of sp³-hybridized carbons (Fsp3) is 0.350. The minimum Gasteiger partial charge on any atom is -0.379 e. The molecular formula is C20H24N2O4S. The monoisotopic (exact) mass is 388 g/mol. The van der Waals surface area contributed by atoms with Gasteiger partial charge in [0.2, 0.25) is 10.0 Å². The van der Waals surface area contributed by atoms with Crippen molar-refractivity contribution in [1.29, 1.82) is 0 Å². The zero-order valence-electron chi connectivity index (χ0n) is 15.6. The highest BCUT2D eigenvalue weighted by Gasteiger charge is 2.27. The zero-order valence-corrected chi connectivity index (χ0v) is 16.4. The van der Waals surface area contributed by atoms with Crippen molar-refractivity contribution in [2.24, 2.45) is 0 Å². The summed E-state index contributed by atoms with van der Waals surface area (Å²) in [6, 6.07) is 14.4. The molecule has 0 unspecified atom stereocenters. The molecule has 0 atom stereocenters. The Morgan fingerprint density at radius 3 is 2.44 bits per heavy atom. The van der Waals surface area contributed by atoms with Gasteiger partial charge in [-0.25, -0.2) is 8.42 Å². The van der Waals surface area contributed by atoms with Gasteiger partial charge in [0.05, 0.1) is 18.1 Å².